The minimum absolute atomic E-state index is 0.370. The first-order chi connectivity index (χ1) is 30.2. The van der Waals surface area contributed by atoms with Crippen LogP contribution in [0.4, 0.5) is 13.2 Å². The lowest BCUT2D eigenvalue weighted by Gasteiger charge is -2.22. The van der Waals surface area contributed by atoms with Gasteiger partial charge in [0.25, 0.3) is 0 Å². The number of hydrogen-bond donors (Lipinski definition) is 0. The second-order valence-electron chi connectivity index (χ2n) is 15.1. The third-order valence-electron chi connectivity index (χ3n) is 11.2. The van der Waals surface area contributed by atoms with Gasteiger partial charge in [0.2, 0.25) is 0 Å². The van der Waals surface area contributed by atoms with Crippen LogP contribution in [0.1, 0.15) is 16.7 Å². The fourth-order valence-corrected chi connectivity index (χ4v) is 8.27. The molecule has 296 valence electrons. The molecule has 0 aliphatic rings. The maximum atomic E-state index is 14.6. The molecule has 0 amide bonds. The Morgan fingerprint density at radius 2 is 0.984 bits per heavy atom. The number of aromatic nitrogens is 4. The van der Waals surface area contributed by atoms with E-state index in [0.29, 0.717) is 45.4 Å². The normalized spacial score (nSPS) is 11.5. The van der Waals surface area contributed by atoms with Crippen molar-refractivity contribution in [2.75, 3.05) is 0 Å². The van der Waals surface area contributed by atoms with Crippen molar-refractivity contribution in [1.82, 2.24) is 19.5 Å². The fraction of sp³-hybridized carbons (Fsp3) is 0.0370. The van der Waals surface area contributed by atoms with Crippen LogP contribution in [0, 0.1) is 18.3 Å². The van der Waals surface area contributed by atoms with Gasteiger partial charge in [-0.25, -0.2) is 15.0 Å². The third-order valence-corrected chi connectivity index (χ3v) is 11.2. The van der Waals surface area contributed by atoms with E-state index in [1.165, 1.54) is 12.1 Å². The van der Waals surface area contributed by atoms with Crippen LogP contribution in [-0.2, 0) is 6.18 Å². The Morgan fingerprint density at radius 3 is 1.63 bits per heavy atom. The molecule has 0 fully saturated rings. The van der Waals surface area contributed by atoms with Crippen molar-refractivity contribution in [3.05, 3.63) is 205 Å². The van der Waals surface area contributed by atoms with E-state index in [9.17, 15) is 18.4 Å². The molecule has 2 heterocycles. The standard InChI is InChI=1S/C54H34F3N5/c1-34-14-12-20-37(28-34)45-31-41(53-60-51(35-15-4-2-5-16-35)59-52(61-53)36-17-6-3-7-18-36)32-46(38-21-13-22-42(29-38)54(55,56)57)50(45)62-48-25-11-10-24-44(48)47-30-39(26-27-49(47)62)43-23-9-8-19-40(43)33-58/h2-32H,1H3. The van der Waals surface area contributed by atoms with Gasteiger partial charge in [-0.2, -0.15) is 18.4 Å². The van der Waals surface area contributed by atoms with E-state index in [0.717, 1.165) is 66.8 Å². The van der Waals surface area contributed by atoms with Crippen LogP contribution < -0.4 is 0 Å². The number of hydrogen-bond acceptors (Lipinski definition) is 4. The highest BCUT2D eigenvalue weighted by Gasteiger charge is 2.31. The molecule has 2 aromatic heterocycles. The number of para-hydroxylation sites is 1. The quantitative estimate of drug-likeness (QED) is 0.161. The Morgan fingerprint density at radius 1 is 0.452 bits per heavy atom. The van der Waals surface area contributed by atoms with Crippen molar-refractivity contribution in [3.63, 3.8) is 0 Å². The minimum atomic E-state index is -4.58. The maximum absolute atomic E-state index is 14.6. The molecule has 10 aromatic rings. The molecule has 0 aliphatic heterocycles. The van der Waals surface area contributed by atoms with Crippen molar-refractivity contribution >= 4 is 21.8 Å². The summed E-state index contributed by atoms with van der Waals surface area (Å²) in [7, 11) is 0. The number of fused-ring (bicyclic) bond motifs is 3. The summed E-state index contributed by atoms with van der Waals surface area (Å²) in [6, 6.07) is 60.9. The summed E-state index contributed by atoms with van der Waals surface area (Å²) in [5, 5.41) is 11.9. The van der Waals surface area contributed by atoms with E-state index in [1.807, 2.05) is 146 Å². The predicted octanol–water partition coefficient (Wildman–Crippen LogP) is 14.2. The van der Waals surface area contributed by atoms with Gasteiger partial charge in [-0.15, -0.1) is 0 Å². The lowest BCUT2D eigenvalue weighted by Crippen LogP contribution is -2.06. The molecule has 62 heavy (non-hydrogen) atoms. The third kappa shape index (κ3) is 6.95. The molecular weight excluding hydrogens is 776 g/mol. The number of rotatable bonds is 7. The largest absolute Gasteiger partial charge is 0.416 e. The zero-order valence-electron chi connectivity index (χ0n) is 33.3. The molecule has 0 N–H and O–H groups in total. The maximum Gasteiger partial charge on any atom is 0.416 e. The van der Waals surface area contributed by atoms with Crippen LogP contribution in [0.25, 0.3) is 95.0 Å². The number of alkyl halides is 3. The van der Waals surface area contributed by atoms with Crippen molar-refractivity contribution in [3.8, 4) is 79.3 Å². The second kappa shape index (κ2) is 15.5. The predicted molar refractivity (Wildman–Crippen MR) is 241 cm³/mol. The van der Waals surface area contributed by atoms with E-state index in [-0.39, 0.29) is 0 Å². The first kappa shape index (κ1) is 38.1. The molecule has 5 nitrogen and oxygen atoms in total. The highest BCUT2D eigenvalue weighted by molar-refractivity contribution is 6.12. The molecule has 0 unspecified atom stereocenters. The second-order valence-corrected chi connectivity index (χ2v) is 15.1. The summed E-state index contributed by atoms with van der Waals surface area (Å²) in [6.45, 7) is 2.02. The Labute approximate surface area is 355 Å². The van der Waals surface area contributed by atoms with E-state index < -0.39 is 11.7 Å². The Kier molecular flexibility index (Phi) is 9.50. The van der Waals surface area contributed by atoms with Gasteiger partial charge < -0.3 is 4.57 Å². The number of halogens is 3. The molecule has 0 radical (unpaired) electrons. The number of aryl methyl sites for hydroxylation is 1. The number of benzene rings is 8. The summed E-state index contributed by atoms with van der Waals surface area (Å²) < 4.78 is 45.9. The first-order valence-electron chi connectivity index (χ1n) is 20.1. The lowest BCUT2D eigenvalue weighted by atomic mass is 9.91. The van der Waals surface area contributed by atoms with Crippen LogP contribution in [0.15, 0.2) is 188 Å². The molecule has 0 aliphatic carbocycles. The summed E-state index contributed by atoms with van der Waals surface area (Å²) >= 11 is 0. The van der Waals surface area contributed by atoms with Gasteiger partial charge in [-0.1, -0.05) is 145 Å². The summed E-state index contributed by atoms with van der Waals surface area (Å²) in [4.78, 5) is 15.0. The number of nitriles is 1. The Hall–Kier alpha value is -8.15. The van der Waals surface area contributed by atoms with Crippen LogP contribution in [0.3, 0.4) is 0 Å². The van der Waals surface area contributed by atoms with Crippen molar-refractivity contribution in [2.45, 2.75) is 13.1 Å². The van der Waals surface area contributed by atoms with E-state index in [1.54, 1.807) is 12.1 Å². The zero-order valence-corrected chi connectivity index (χ0v) is 33.3. The van der Waals surface area contributed by atoms with E-state index in [2.05, 4.69) is 28.8 Å². The van der Waals surface area contributed by atoms with Crippen LogP contribution >= 0.6 is 0 Å². The average Bonchev–Trinajstić information content (AvgIpc) is 3.64. The number of nitrogens with zero attached hydrogens (tertiary/aromatic N) is 5. The molecule has 0 saturated carbocycles. The molecule has 0 spiro atoms. The monoisotopic (exact) mass is 809 g/mol. The fourth-order valence-electron chi connectivity index (χ4n) is 8.27. The van der Waals surface area contributed by atoms with Gasteiger partial charge in [-0.05, 0) is 77.7 Å². The van der Waals surface area contributed by atoms with Crippen LogP contribution in [-0.4, -0.2) is 19.5 Å². The highest BCUT2D eigenvalue weighted by Crippen LogP contribution is 2.45. The van der Waals surface area contributed by atoms with Gasteiger partial charge >= 0.3 is 6.18 Å². The summed E-state index contributed by atoms with van der Waals surface area (Å²) in [5.41, 5.74) is 9.64. The van der Waals surface area contributed by atoms with Crippen molar-refractivity contribution < 1.29 is 13.2 Å². The topological polar surface area (TPSA) is 67.4 Å². The molecule has 0 atom stereocenters. The first-order valence-corrected chi connectivity index (χ1v) is 20.1. The van der Waals surface area contributed by atoms with Gasteiger partial charge in [0, 0.05) is 38.6 Å². The van der Waals surface area contributed by atoms with E-state index in [4.69, 9.17) is 15.0 Å². The molecule has 0 bridgehead atoms. The smallest absolute Gasteiger partial charge is 0.308 e. The van der Waals surface area contributed by atoms with Gasteiger partial charge in [0.1, 0.15) is 0 Å². The van der Waals surface area contributed by atoms with Gasteiger partial charge in [0.05, 0.1) is 33.9 Å². The molecule has 8 heteroatoms. The molecular formula is C54H34F3N5. The lowest BCUT2D eigenvalue weighted by molar-refractivity contribution is -0.137. The average molecular weight is 810 g/mol. The SMILES string of the molecule is Cc1cccc(-c2cc(-c3nc(-c4ccccc4)nc(-c4ccccc4)n3)cc(-c3cccc(C(F)(F)F)c3)c2-n2c3ccccc3c3cc(-c4ccccc4C#N)ccc32)c1. The zero-order chi connectivity index (χ0) is 42.4. The molecule has 0 saturated heterocycles. The minimum Gasteiger partial charge on any atom is -0.308 e. The van der Waals surface area contributed by atoms with Crippen LogP contribution in [0.5, 0.6) is 0 Å². The Bertz CT molecular complexity index is 3310. The van der Waals surface area contributed by atoms with Crippen LogP contribution in [0.2, 0.25) is 0 Å². The summed E-state index contributed by atoms with van der Waals surface area (Å²) in [5.74, 6) is 1.30. The van der Waals surface area contributed by atoms with Crippen molar-refractivity contribution in [1.29, 1.82) is 5.26 Å². The van der Waals surface area contributed by atoms with Gasteiger partial charge in [-0.3, -0.25) is 0 Å². The van der Waals surface area contributed by atoms with Crippen molar-refractivity contribution in [2.24, 2.45) is 0 Å². The molecule has 10 rings (SSSR count). The van der Waals surface area contributed by atoms with E-state index >= 15 is 0 Å². The molecule has 8 aromatic carbocycles. The van der Waals surface area contributed by atoms with Gasteiger partial charge in [0.15, 0.2) is 17.5 Å². The Balaban J connectivity index is 1.33. The highest BCUT2D eigenvalue weighted by atomic mass is 19.4. The summed E-state index contributed by atoms with van der Waals surface area (Å²) in [6.07, 6.45) is -4.58.